The van der Waals surface area contributed by atoms with E-state index in [0.717, 1.165) is 23.7 Å². The predicted molar refractivity (Wildman–Crippen MR) is 128 cm³/mol. The number of rotatable bonds is 7. The second-order valence-electron chi connectivity index (χ2n) is 10.1. The molecule has 0 heterocycles. The SMILES string of the molecule is CCCCCC1CCC(C2CCC(c3ccc(-c4ccc(O)cc4)cc3)CC2)CC1. The molecule has 1 heteroatoms. The molecule has 0 atom stereocenters. The first-order chi connectivity index (χ1) is 14.7. The number of unbranched alkanes of at least 4 members (excludes halogenated alkanes) is 2. The topological polar surface area (TPSA) is 20.2 Å². The van der Waals surface area contributed by atoms with Crippen LogP contribution in [0.2, 0.25) is 0 Å². The lowest BCUT2D eigenvalue weighted by molar-refractivity contribution is 0.155. The molecule has 0 amide bonds. The highest BCUT2D eigenvalue weighted by molar-refractivity contribution is 5.64. The average molecular weight is 405 g/mol. The van der Waals surface area contributed by atoms with Crippen molar-refractivity contribution in [1.82, 2.24) is 0 Å². The number of hydrogen-bond acceptors (Lipinski definition) is 1. The molecular formula is C29H40O. The Balaban J connectivity index is 1.24. The quantitative estimate of drug-likeness (QED) is 0.457. The Labute approximate surface area is 183 Å². The second-order valence-corrected chi connectivity index (χ2v) is 10.1. The van der Waals surface area contributed by atoms with E-state index < -0.39 is 0 Å². The van der Waals surface area contributed by atoms with E-state index in [0.29, 0.717) is 5.75 Å². The normalized spacial score (nSPS) is 27.1. The second kappa shape index (κ2) is 10.5. The molecule has 162 valence electrons. The third-order valence-corrected chi connectivity index (χ3v) is 8.13. The number of phenolic OH excluding ortho intramolecular Hbond substituents is 1. The molecular weight excluding hydrogens is 364 g/mol. The van der Waals surface area contributed by atoms with Gasteiger partial charge in [-0.1, -0.05) is 81.8 Å². The minimum absolute atomic E-state index is 0.331. The van der Waals surface area contributed by atoms with Crippen LogP contribution in [0.25, 0.3) is 11.1 Å². The van der Waals surface area contributed by atoms with Crippen LogP contribution in [0.3, 0.4) is 0 Å². The summed E-state index contributed by atoms with van der Waals surface area (Å²) in [6.45, 7) is 2.32. The highest BCUT2D eigenvalue weighted by Gasteiger charge is 2.31. The van der Waals surface area contributed by atoms with Crippen LogP contribution in [0.5, 0.6) is 5.75 Å². The van der Waals surface area contributed by atoms with Crippen LogP contribution in [0.4, 0.5) is 0 Å². The summed E-state index contributed by atoms with van der Waals surface area (Å²) in [4.78, 5) is 0. The number of phenols is 1. The lowest BCUT2D eigenvalue weighted by Gasteiger charge is -2.38. The van der Waals surface area contributed by atoms with Gasteiger partial charge in [0.25, 0.3) is 0 Å². The van der Waals surface area contributed by atoms with Crippen molar-refractivity contribution in [3.63, 3.8) is 0 Å². The Hall–Kier alpha value is -1.76. The summed E-state index contributed by atoms with van der Waals surface area (Å²) < 4.78 is 0. The van der Waals surface area contributed by atoms with Crippen molar-refractivity contribution in [3.05, 3.63) is 54.1 Å². The monoisotopic (exact) mass is 404 g/mol. The molecule has 2 aliphatic rings. The molecule has 0 radical (unpaired) electrons. The molecule has 2 aromatic rings. The zero-order valence-electron chi connectivity index (χ0n) is 18.9. The fourth-order valence-corrected chi connectivity index (χ4v) is 6.16. The van der Waals surface area contributed by atoms with Crippen LogP contribution >= 0.6 is 0 Å². The lowest BCUT2D eigenvalue weighted by Crippen LogP contribution is -2.25. The van der Waals surface area contributed by atoms with Crippen LogP contribution < -0.4 is 0 Å². The van der Waals surface area contributed by atoms with Crippen LogP contribution in [0, 0.1) is 17.8 Å². The van der Waals surface area contributed by atoms with Crippen molar-refractivity contribution in [3.8, 4) is 16.9 Å². The van der Waals surface area contributed by atoms with Gasteiger partial charge in [0.1, 0.15) is 5.75 Å². The number of hydrogen-bond donors (Lipinski definition) is 1. The van der Waals surface area contributed by atoms with Crippen LogP contribution in [-0.2, 0) is 0 Å². The molecule has 0 aromatic heterocycles. The fraction of sp³-hybridized carbons (Fsp3) is 0.586. The van der Waals surface area contributed by atoms with E-state index in [1.807, 2.05) is 12.1 Å². The largest absolute Gasteiger partial charge is 0.508 e. The van der Waals surface area contributed by atoms with Crippen LogP contribution in [0.15, 0.2) is 48.5 Å². The number of benzene rings is 2. The molecule has 2 saturated carbocycles. The van der Waals surface area contributed by atoms with Gasteiger partial charge in [-0.3, -0.25) is 0 Å². The Morgan fingerprint density at radius 3 is 1.77 bits per heavy atom. The van der Waals surface area contributed by atoms with Crippen molar-refractivity contribution >= 4 is 0 Å². The molecule has 0 aliphatic heterocycles. The molecule has 2 aromatic carbocycles. The van der Waals surface area contributed by atoms with Gasteiger partial charge in [0.2, 0.25) is 0 Å². The maximum atomic E-state index is 9.49. The van der Waals surface area contributed by atoms with E-state index in [-0.39, 0.29) is 0 Å². The standard InChI is InChI=1S/C29H40O/c1-2-3-4-5-22-6-8-23(9-7-22)24-10-12-25(13-11-24)26-14-16-27(17-15-26)28-18-20-29(30)21-19-28/h14-25,30H,2-13H2,1H3. The summed E-state index contributed by atoms with van der Waals surface area (Å²) in [7, 11) is 0. The van der Waals surface area contributed by atoms with E-state index in [1.165, 1.54) is 93.7 Å². The molecule has 2 aliphatic carbocycles. The van der Waals surface area contributed by atoms with Gasteiger partial charge in [0, 0.05) is 0 Å². The molecule has 1 nitrogen and oxygen atoms in total. The first kappa shape index (κ1) is 21.5. The summed E-state index contributed by atoms with van der Waals surface area (Å²) in [6, 6.07) is 16.7. The van der Waals surface area contributed by atoms with Crippen LogP contribution in [-0.4, -0.2) is 5.11 Å². The van der Waals surface area contributed by atoms with Crippen molar-refractivity contribution in [2.45, 2.75) is 89.9 Å². The van der Waals surface area contributed by atoms with Crippen molar-refractivity contribution in [2.75, 3.05) is 0 Å². The Morgan fingerprint density at radius 2 is 1.20 bits per heavy atom. The summed E-state index contributed by atoms with van der Waals surface area (Å²) in [5, 5.41) is 9.49. The van der Waals surface area contributed by atoms with E-state index >= 15 is 0 Å². The predicted octanol–water partition coefficient (Wildman–Crippen LogP) is 8.72. The molecule has 0 saturated heterocycles. The number of aromatic hydroxyl groups is 1. The maximum absolute atomic E-state index is 9.49. The molecule has 30 heavy (non-hydrogen) atoms. The molecule has 0 spiro atoms. The third-order valence-electron chi connectivity index (χ3n) is 8.13. The minimum atomic E-state index is 0.331. The molecule has 4 rings (SSSR count). The zero-order valence-corrected chi connectivity index (χ0v) is 18.9. The summed E-state index contributed by atoms with van der Waals surface area (Å²) >= 11 is 0. The Morgan fingerprint density at radius 1 is 0.667 bits per heavy atom. The minimum Gasteiger partial charge on any atom is -0.508 e. The van der Waals surface area contributed by atoms with Gasteiger partial charge in [-0.2, -0.15) is 0 Å². The Bertz CT molecular complexity index is 744. The summed E-state index contributed by atoms with van der Waals surface area (Å²) in [6.07, 6.45) is 17.4. The molecule has 2 fully saturated rings. The van der Waals surface area contributed by atoms with Crippen LogP contribution in [0.1, 0.15) is 95.5 Å². The highest BCUT2D eigenvalue weighted by Crippen LogP contribution is 2.44. The van der Waals surface area contributed by atoms with Gasteiger partial charge in [-0.25, -0.2) is 0 Å². The summed E-state index contributed by atoms with van der Waals surface area (Å²) in [5.74, 6) is 4.13. The third kappa shape index (κ3) is 5.48. The first-order valence-electron chi connectivity index (χ1n) is 12.6. The van der Waals surface area contributed by atoms with Gasteiger partial charge < -0.3 is 5.11 Å². The van der Waals surface area contributed by atoms with Crippen molar-refractivity contribution in [1.29, 1.82) is 0 Å². The first-order valence-corrected chi connectivity index (χ1v) is 12.6. The average Bonchev–Trinajstić information content (AvgIpc) is 2.81. The fourth-order valence-electron chi connectivity index (χ4n) is 6.16. The van der Waals surface area contributed by atoms with Gasteiger partial charge in [0.05, 0.1) is 0 Å². The zero-order chi connectivity index (χ0) is 20.8. The van der Waals surface area contributed by atoms with E-state index in [9.17, 15) is 5.11 Å². The lowest BCUT2D eigenvalue weighted by atomic mass is 9.68. The Kier molecular flexibility index (Phi) is 7.52. The molecule has 1 N–H and O–H groups in total. The highest BCUT2D eigenvalue weighted by atomic mass is 16.3. The van der Waals surface area contributed by atoms with E-state index in [2.05, 4.69) is 31.2 Å². The van der Waals surface area contributed by atoms with Gasteiger partial charge in [0.15, 0.2) is 0 Å². The van der Waals surface area contributed by atoms with Crippen molar-refractivity contribution < 1.29 is 5.11 Å². The molecule has 0 bridgehead atoms. The van der Waals surface area contributed by atoms with Crippen molar-refractivity contribution in [2.24, 2.45) is 17.8 Å². The summed E-state index contributed by atoms with van der Waals surface area (Å²) in [5.41, 5.74) is 3.94. The van der Waals surface area contributed by atoms with Gasteiger partial charge in [-0.15, -0.1) is 0 Å². The molecule has 0 unspecified atom stereocenters. The smallest absolute Gasteiger partial charge is 0.115 e. The van der Waals surface area contributed by atoms with Gasteiger partial charge >= 0.3 is 0 Å². The maximum Gasteiger partial charge on any atom is 0.115 e. The van der Waals surface area contributed by atoms with E-state index in [4.69, 9.17) is 0 Å². The van der Waals surface area contributed by atoms with Gasteiger partial charge in [-0.05, 0) is 91.0 Å². The van der Waals surface area contributed by atoms with E-state index in [1.54, 1.807) is 12.1 Å².